The molecule has 14 heavy (non-hydrogen) atoms. The summed E-state index contributed by atoms with van der Waals surface area (Å²) in [4.78, 5) is 13.8. The van der Waals surface area contributed by atoms with Crippen molar-refractivity contribution in [1.29, 1.82) is 0 Å². The highest BCUT2D eigenvalue weighted by atomic mass is 32.2. The fourth-order valence-corrected chi connectivity index (χ4v) is 2.36. The lowest BCUT2D eigenvalue weighted by Gasteiger charge is -2.33. The van der Waals surface area contributed by atoms with E-state index in [1.807, 2.05) is 11.2 Å². The van der Waals surface area contributed by atoms with Crippen LogP contribution in [0.5, 0.6) is 0 Å². The maximum Gasteiger partial charge on any atom is 0.232 e. The first-order chi connectivity index (χ1) is 6.79. The third kappa shape index (κ3) is 3.17. The minimum Gasteiger partial charge on any atom is -0.338 e. The van der Waals surface area contributed by atoms with Gasteiger partial charge in [-0.3, -0.25) is 4.79 Å². The number of rotatable bonds is 4. The predicted molar refractivity (Wildman–Crippen MR) is 61.7 cm³/mol. The minimum absolute atomic E-state index is 0.286. The molecule has 1 fully saturated rings. The van der Waals surface area contributed by atoms with Crippen LogP contribution in [0.4, 0.5) is 0 Å². The van der Waals surface area contributed by atoms with E-state index >= 15 is 0 Å². The Balaban J connectivity index is 2.46. The minimum atomic E-state index is 0.286. The number of carbonyl (C=O) groups is 1. The number of hydrogen-bond donors (Lipinski definition) is 1. The van der Waals surface area contributed by atoms with Crippen LogP contribution in [-0.4, -0.2) is 48.5 Å². The summed E-state index contributed by atoms with van der Waals surface area (Å²) in [5, 5.41) is 3.35. The number of amides is 1. The largest absolute Gasteiger partial charge is 0.338 e. The van der Waals surface area contributed by atoms with Crippen LogP contribution in [0.25, 0.3) is 0 Å². The van der Waals surface area contributed by atoms with Gasteiger partial charge in [0, 0.05) is 19.1 Å². The van der Waals surface area contributed by atoms with Gasteiger partial charge in [0.25, 0.3) is 0 Å². The summed E-state index contributed by atoms with van der Waals surface area (Å²) in [5.41, 5.74) is 0. The van der Waals surface area contributed by atoms with E-state index in [9.17, 15) is 4.79 Å². The Bertz CT molecular complexity index is 181. The lowest BCUT2D eigenvalue weighted by atomic mass is 10.1. The van der Waals surface area contributed by atoms with Gasteiger partial charge in [-0.2, -0.15) is 11.8 Å². The van der Waals surface area contributed by atoms with Crippen LogP contribution < -0.4 is 5.32 Å². The van der Waals surface area contributed by atoms with E-state index in [0.717, 1.165) is 26.1 Å². The Morgan fingerprint density at radius 1 is 1.64 bits per heavy atom. The summed E-state index contributed by atoms with van der Waals surface area (Å²) in [5.74, 6) is 0.901. The van der Waals surface area contributed by atoms with E-state index in [2.05, 4.69) is 12.2 Å². The monoisotopic (exact) mass is 216 g/mol. The Labute approximate surface area is 90.6 Å². The number of nitrogens with one attached hydrogen (secondary N) is 1. The van der Waals surface area contributed by atoms with Gasteiger partial charge in [-0.15, -0.1) is 0 Å². The molecular weight excluding hydrogens is 196 g/mol. The summed E-state index contributed by atoms with van der Waals surface area (Å²) in [6.07, 6.45) is 4.32. The lowest BCUT2D eigenvalue weighted by molar-refractivity contribution is -0.130. The number of carbonyl (C=O) groups excluding carboxylic acids is 1. The van der Waals surface area contributed by atoms with E-state index in [0.29, 0.717) is 11.8 Å². The van der Waals surface area contributed by atoms with Gasteiger partial charge >= 0.3 is 0 Å². The second-order valence-electron chi connectivity index (χ2n) is 3.61. The molecular formula is C10H20N2OS. The number of nitrogens with zero attached hydrogens (tertiary/aromatic N) is 1. The van der Waals surface area contributed by atoms with Crippen LogP contribution in [0.3, 0.4) is 0 Å². The fourth-order valence-electron chi connectivity index (χ4n) is 1.94. The van der Waals surface area contributed by atoms with E-state index in [1.165, 1.54) is 6.42 Å². The molecule has 0 aromatic rings. The molecule has 1 saturated heterocycles. The number of hydrogen-bond acceptors (Lipinski definition) is 3. The van der Waals surface area contributed by atoms with Crippen LogP contribution in [0.2, 0.25) is 0 Å². The molecule has 1 unspecified atom stereocenters. The highest BCUT2D eigenvalue weighted by Gasteiger charge is 2.23. The average molecular weight is 216 g/mol. The van der Waals surface area contributed by atoms with Crippen molar-refractivity contribution in [1.82, 2.24) is 10.2 Å². The van der Waals surface area contributed by atoms with Crippen molar-refractivity contribution in [2.75, 3.05) is 31.6 Å². The molecule has 1 rings (SSSR count). The van der Waals surface area contributed by atoms with Crippen LogP contribution in [0, 0.1) is 0 Å². The molecule has 0 aromatic heterocycles. The van der Waals surface area contributed by atoms with Gasteiger partial charge in [-0.25, -0.2) is 0 Å². The van der Waals surface area contributed by atoms with E-state index in [1.54, 1.807) is 11.8 Å². The molecule has 4 heteroatoms. The Morgan fingerprint density at radius 3 is 2.93 bits per heavy atom. The second-order valence-corrected chi connectivity index (χ2v) is 4.48. The Hall–Kier alpha value is -0.220. The van der Waals surface area contributed by atoms with Crippen molar-refractivity contribution in [3.05, 3.63) is 0 Å². The van der Waals surface area contributed by atoms with Crippen LogP contribution in [-0.2, 0) is 4.79 Å². The topological polar surface area (TPSA) is 32.3 Å². The van der Waals surface area contributed by atoms with Gasteiger partial charge < -0.3 is 10.2 Å². The molecule has 0 saturated carbocycles. The van der Waals surface area contributed by atoms with Gasteiger partial charge in [0.2, 0.25) is 5.91 Å². The zero-order chi connectivity index (χ0) is 10.4. The molecule has 1 N–H and O–H groups in total. The molecule has 1 atom stereocenters. The third-order valence-electron chi connectivity index (χ3n) is 2.64. The highest BCUT2D eigenvalue weighted by Crippen LogP contribution is 2.11. The first-order valence-electron chi connectivity index (χ1n) is 5.28. The third-order valence-corrected chi connectivity index (χ3v) is 3.18. The normalized spacial score (nSPS) is 22.0. The average Bonchev–Trinajstić information content (AvgIpc) is 2.21. The van der Waals surface area contributed by atoms with E-state index < -0.39 is 0 Å². The van der Waals surface area contributed by atoms with Gasteiger partial charge in [-0.05, 0) is 32.6 Å². The number of likely N-dealkylation sites (N-methyl/N-ethyl adjacent to an activating group) is 1. The summed E-state index contributed by atoms with van der Waals surface area (Å²) < 4.78 is 0. The Kier molecular flexibility index (Phi) is 5.33. The molecule has 82 valence electrons. The van der Waals surface area contributed by atoms with Crippen LogP contribution >= 0.6 is 11.8 Å². The van der Waals surface area contributed by atoms with E-state index in [-0.39, 0.29) is 5.91 Å². The molecule has 1 amide bonds. The van der Waals surface area contributed by atoms with Gasteiger partial charge in [0.1, 0.15) is 0 Å². The zero-order valence-corrected chi connectivity index (χ0v) is 9.90. The molecule has 0 aliphatic carbocycles. The van der Waals surface area contributed by atoms with Crippen molar-refractivity contribution in [3.8, 4) is 0 Å². The molecule has 1 aliphatic rings. The quantitative estimate of drug-likeness (QED) is 0.759. The molecule has 1 heterocycles. The van der Waals surface area contributed by atoms with Gasteiger partial charge in [-0.1, -0.05) is 0 Å². The number of piperidine rings is 1. The smallest absolute Gasteiger partial charge is 0.232 e. The van der Waals surface area contributed by atoms with Crippen molar-refractivity contribution < 1.29 is 4.79 Å². The SMILES string of the molecule is CCN(C(=O)CSC)C1CCCNC1. The van der Waals surface area contributed by atoms with Crippen molar-refractivity contribution in [2.24, 2.45) is 0 Å². The molecule has 0 aromatic carbocycles. The highest BCUT2D eigenvalue weighted by molar-refractivity contribution is 7.99. The van der Waals surface area contributed by atoms with Crippen LogP contribution in [0.1, 0.15) is 19.8 Å². The first-order valence-corrected chi connectivity index (χ1v) is 6.68. The molecule has 0 spiro atoms. The lowest BCUT2D eigenvalue weighted by Crippen LogP contribution is -2.49. The standard InChI is InChI=1S/C10H20N2OS/c1-3-12(10(13)8-14-2)9-5-4-6-11-7-9/h9,11H,3-8H2,1-2H3. The van der Waals surface area contributed by atoms with Gasteiger partial charge in [0.05, 0.1) is 5.75 Å². The van der Waals surface area contributed by atoms with E-state index in [4.69, 9.17) is 0 Å². The summed E-state index contributed by atoms with van der Waals surface area (Å²) >= 11 is 1.61. The predicted octanol–water partition coefficient (Wildman–Crippen LogP) is 0.950. The summed E-state index contributed by atoms with van der Waals surface area (Å²) in [6, 6.07) is 0.424. The summed E-state index contributed by atoms with van der Waals surface area (Å²) in [6.45, 7) is 4.97. The maximum absolute atomic E-state index is 11.8. The fraction of sp³-hybridized carbons (Fsp3) is 0.900. The van der Waals surface area contributed by atoms with Crippen molar-refractivity contribution in [2.45, 2.75) is 25.8 Å². The molecule has 3 nitrogen and oxygen atoms in total. The molecule has 0 bridgehead atoms. The van der Waals surface area contributed by atoms with Crippen molar-refractivity contribution in [3.63, 3.8) is 0 Å². The molecule has 0 radical (unpaired) electrons. The molecule has 1 aliphatic heterocycles. The Morgan fingerprint density at radius 2 is 2.43 bits per heavy atom. The van der Waals surface area contributed by atoms with Crippen LogP contribution in [0.15, 0.2) is 0 Å². The first kappa shape index (κ1) is 11.9. The van der Waals surface area contributed by atoms with Gasteiger partial charge in [0.15, 0.2) is 0 Å². The number of thioether (sulfide) groups is 1. The zero-order valence-electron chi connectivity index (χ0n) is 9.08. The van der Waals surface area contributed by atoms with Crippen molar-refractivity contribution >= 4 is 17.7 Å². The maximum atomic E-state index is 11.8. The summed E-state index contributed by atoms with van der Waals surface area (Å²) in [7, 11) is 0. The second kappa shape index (κ2) is 6.30.